The van der Waals surface area contributed by atoms with Crippen LogP contribution >= 0.6 is 0 Å². The Labute approximate surface area is 189 Å². The number of rotatable bonds is 6. The number of ether oxygens (including phenoxy) is 1. The molecule has 0 saturated carbocycles. The fourth-order valence-corrected chi connectivity index (χ4v) is 3.96. The van der Waals surface area contributed by atoms with Crippen molar-refractivity contribution in [2.45, 2.75) is 32.2 Å². The molecule has 0 amide bonds. The Bertz CT molecular complexity index is 1290. The molecular formula is C24H26F2N4O3. The fourth-order valence-electron chi connectivity index (χ4n) is 3.96. The maximum atomic E-state index is 14.0. The molecule has 0 fully saturated rings. The number of pyridine rings is 1. The standard InChI is InChI=1S/C24H26F2N4O3/c1-14(17-5-4-6-18(11-17)24(25,26)13-31)27-21-20-12-19(16-7-9-33-10-8-16)23(32)30(3)22(20)29-15(2)28-21/h4-7,11-12,14,31H,8-10,13H2,1-3H3,(H,27,28,29). The van der Waals surface area contributed by atoms with Crippen molar-refractivity contribution in [3.8, 4) is 0 Å². The monoisotopic (exact) mass is 456 g/mol. The van der Waals surface area contributed by atoms with Gasteiger partial charge in [-0.1, -0.05) is 24.3 Å². The Morgan fingerprint density at radius 2 is 2.09 bits per heavy atom. The van der Waals surface area contributed by atoms with Crippen LogP contribution in [0, 0.1) is 6.92 Å². The molecule has 4 rings (SSSR count). The van der Waals surface area contributed by atoms with Gasteiger partial charge in [0.1, 0.15) is 23.9 Å². The molecule has 7 nitrogen and oxygen atoms in total. The fraction of sp³-hybridized carbons (Fsp3) is 0.375. The zero-order valence-corrected chi connectivity index (χ0v) is 18.7. The summed E-state index contributed by atoms with van der Waals surface area (Å²) in [4.78, 5) is 22.0. The van der Waals surface area contributed by atoms with Crippen LogP contribution in [0.4, 0.5) is 14.6 Å². The molecule has 2 aromatic heterocycles. The van der Waals surface area contributed by atoms with Crippen LogP contribution in [0.25, 0.3) is 16.6 Å². The van der Waals surface area contributed by atoms with Crippen LogP contribution in [0.1, 0.15) is 41.9 Å². The number of halogens is 2. The van der Waals surface area contributed by atoms with Crippen molar-refractivity contribution < 1.29 is 18.6 Å². The minimum absolute atomic E-state index is 0.147. The predicted octanol–water partition coefficient (Wildman–Crippen LogP) is 3.70. The van der Waals surface area contributed by atoms with E-state index in [1.807, 2.05) is 13.0 Å². The molecule has 1 unspecified atom stereocenters. The lowest BCUT2D eigenvalue weighted by atomic mass is 10.0. The molecule has 0 aliphatic carbocycles. The molecule has 33 heavy (non-hydrogen) atoms. The zero-order valence-electron chi connectivity index (χ0n) is 18.7. The summed E-state index contributed by atoms with van der Waals surface area (Å²) in [6.45, 7) is 3.32. The summed E-state index contributed by atoms with van der Waals surface area (Å²) < 4.78 is 34.8. The molecule has 3 aromatic rings. The average molecular weight is 456 g/mol. The van der Waals surface area contributed by atoms with Crippen molar-refractivity contribution in [3.05, 3.63) is 69.3 Å². The third-order valence-corrected chi connectivity index (χ3v) is 5.85. The first-order valence-corrected chi connectivity index (χ1v) is 10.7. The smallest absolute Gasteiger partial charge is 0.295 e. The lowest BCUT2D eigenvalue weighted by molar-refractivity contribution is -0.0556. The van der Waals surface area contributed by atoms with E-state index in [0.29, 0.717) is 53.4 Å². The number of anilines is 1. The summed E-state index contributed by atoms with van der Waals surface area (Å²) in [5.41, 5.74) is 2.19. The number of alkyl halides is 2. The summed E-state index contributed by atoms with van der Waals surface area (Å²) >= 11 is 0. The summed E-state index contributed by atoms with van der Waals surface area (Å²) in [6.07, 6.45) is 2.54. The maximum absolute atomic E-state index is 14.0. The van der Waals surface area contributed by atoms with E-state index in [1.165, 1.54) is 22.8 Å². The van der Waals surface area contributed by atoms with Gasteiger partial charge >= 0.3 is 0 Å². The lowest BCUT2D eigenvalue weighted by Gasteiger charge is -2.21. The van der Waals surface area contributed by atoms with Gasteiger partial charge in [-0.15, -0.1) is 0 Å². The molecule has 0 radical (unpaired) electrons. The number of aliphatic hydroxyl groups excluding tert-OH is 1. The first kappa shape index (κ1) is 23.0. The van der Waals surface area contributed by atoms with Gasteiger partial charge in [-0.25, -0.2) is 9.97 Å². The van der Waals surface area contributed by atoms with E-state index in [4.69, 9.17) is 9.84 Å². The quantitative estimate of drug-likeness (QED) is 0.588. The van der Waals surface area contributed by atoms with Gasteiger partial charge < -0.3 is 15.2 Å². The van der Waals surface area contributed by atoms with Crippen LogP contribution in [0.3, 0.4) is 0 Å². The number of hydrogen-bond acceptors (Lipinski definition) is 6. The van der Waals surface area contributed by atoms with Crippen molar-refractivity contribution in [3.63, 3.8) is 0 Å². The number of aliphatic hydroxyl groups is 1. The molecule has 0 saturated heterocycles. The van der Waals surface area contributed by atoms with Crippen LogP contribution in [0.15, 0.2) is 41.2 Å². The van der Waals surface area contributed by atoms with E-state index in [2.05, 4.69) is 15.3 Å². The number of nitrogens with zero attached hydrogens (tertiary/aromatic N) is 3. The van der Waals surface area contributed by atoms with Crippen molar-refractivity contribution in [2.75, 3.05) is 25.1 Å². The highest BCUT2D eigenvalue weighted by molar-refractivity contribution is 5.89. The highest BCUT2D eigenvalue weighted by atomic mass is 19.3. The van der Waals surface area contributed by atoms with Gasteiger partial charge in [-0.05, 0) is 43.5 Å². The van der Waals surface area contributed by atoms with Crippen LogP contribution in [-0.4, -0.2) is 39.5 Å². The Balaban J connectivity index is 1.78. The van der Waals surface area contributed by atoms with Gasteiger partial charge in [0.2, 0.25) is 0 Å². The number of nitrogens with one attached hydrogen (secondary N) is 1. The molecule has 9 heteroatoms. The summed E-state index contributed by atoms with van der Waals surface area (Å²) in [5.74, 6) is -2.34. The molecule has 174 valence electrons. The Kier molecular flexibility index (Phi) is 6.27. The van der Waals surface area contributed by atoms with Crippen molar-refractivity contribution >= 4 is 22.4 Å². The second-order valence-electron chi connectivity index (χ2n) is 8.19. The topological polar surface area (TPSA) is 89.3 Å². The number of aryl methyl sites for hydroxylation is 2. The SMILES string of the molecule is Cc1nc(NC(C)c2cccc(C(F)(F)CO)c2)c2cc(C3=CCOCC3)c(=O)n(C)c2n1. The molecule has 1 atom stereocenters. The summed E-state index contributed by atoms with van der Waals surface area (Å²) in [7, 11) is 1.67. The summed E-state index contributed by atoms with van der Waals surface area (Å²) in [6, 6.07) is 7.35. The molecule has 3 heterocycles. The first-order valence-electron chi connectivity index (χ1n) is 10.7. The van der Waals surface area contributed by atoms with Crippen molar-refractivity contribution in [1.29, 1.82) is 0 Å². The number of hydrogen-bond donors (Lipinski definition) is 2. The molecule has 0 bridgehead atoms. The second kappa shape index (κ2) is 8.99. The van der Waals surface area contributed by atoms with E-state index in [1.54, 1.807) is 26.1 Å². The van der Waals surface area contributed by atoms with E-state index in [-0.39, 0.29) is 17.2 Å². The van der Waals surface area contributed by atoms with Gasteiger partial charge in [-0.2, -0.15) is 8.78 Å². The molecular weight excluding hydrogens is 430 g/mol. The number of aromatic nitrogens is 3. The molecule has 1 aliphatic heterocycles. The normalized spacial score (nSPS) is 15.4. The van der Waals surface area contributed by atoms with Crippen LogP contribution in [-0.2, 0) is 17.7 Å². The Morgan fingerprint density at radius 3 is 2.79 bits per heavy atom. The number of benzene rings is 1. The third-order valence-electron chi connectivity index (χ3n) is 5.85. The van der Waals surface area contributed by atoms with Crippen LogP contribution < -0.4 is 10.9 Å². The van der Waals surface area contributed by atoms with Gasteiger partial charge in [0.15, 0.2) is 0 Å². The van der Waals surface area contributed by atoms with E-state index in [0.717, 1.165) is 5.57 Å². The van der Waals surface area contributed by atoms with Crippen LogP contribution in [0.2, 0.25) is 0 Å². The van der Waals surface area contributed by atoms with Crippen molar-refractivity contribution in [1.82, 2.24) is 14.5 Å². The molecule has 1 aliphatic rings. The van der Waals surface area contributed by atoms with E-state index >= 15 is 0 Å². The van der Waals surface area contributed by atoms with Gasteiger partial charge in [-0.3, -0.25) is 9.36 Å². The molecule has 1 aromatic carbocycles. The van der Waals surface area contributed by atoms with E-state index < -0.39 is 12.5 Å². The largest absolute Gasteiger partial charge is 0.390 e. The first-order chi connectivity index (χ1) is 15.7. The summed E-state index contributed by atoms with van der Waals surface area (Å²) in [5, 5.41) is 13.0. The van der Waals surface area contributed by atoms with E-state index in [9.17, 15) is 13.6 Å². The Morgan fingerprint density at radius 1 is 1.30 bits per heavy atom. The van der Waals surface area contributed by atoms with Gasteiger partial charge in [0, 0.05) is 24.2 Å². The van der Waals surface area contributed by atoms with Crippen LogP contribution in [0.5, 0.6) is 0 Å². The predicted molar refractivity (Wildman–Crippen MR) is 122 cm³/mol. The van der Waals surface area contributed by atoms with Gasteiger partial charge in [0.25, 0.3) is 11.5 Å². The minimum Gasteiger partial charge on any atom is -0.390 e. The highest BCUT2D eigenvalue weighted by Gasteiger charge is 2.30. The van der Waals surface area contributed by atoms with Gasteiger partial charge in [0.05, 0.1) is 18.6 Å². The lowest BCUT2D eigenvalue weighted by Crippen LogP contribution is -2.24. The molecule has 2 N–H and O–H groups in total. The maximum Gasteiger partial charge on any atom is 0.295 e. The second-order valence-corrected chi connectivity index (χ2v) is 8.19. The minimum atomic E-state index is -3.32. The highest BCUT2D eigenvalue weighted by Crippen LogP contribution is 2.31. The molecule has 0 spiro atoms. The zero-order chi connectivity index (χ0) is 23.8. The third kappa shape index (κ3) is 4.51. The Hall–Kier alpha value is -3.17. The van der Waals surface area contributed by atoms with Crippen molar-refractivity contribution in [2.24, 2.45) is 7.05 Å². The average Bonchev–Trinajstić information content (AvgIpc) is 2.82. The number of fused-ring (bicyclic) bond motifs is 1.